The van der Waals surface area contributed by atoms with Crippen molar-refractivity contribution in [2.24, 2.45) is 0 Å². The maximum absolute atomic E-state index is 12.7. The summed E-state index contributed by atoms with van der Waals surface area (Å²) >= 11 is 3.39. The Morgan fingerprint density at radius 1 is 1.36 bits per heavy atom. The first kappa shape index (κ1) is 16.5. The van der Waals surface area contributed by atoms with E-state index in [4.69, 9.17) is 0 Å². The van der Waals surface area contributed by atoms with E-state index in [0.717, 1.165) is 9.37 Å². The molecule has 0 aromatic heterocycles. The molecular weight excluding hydrogens is 350 g/mol. The van der Waals surface area contributed by atoms with Crippen molar-refractivity contribution < 1.29 is 14.4 Å². The van der Waals surface area contributed by atoms with Gasteiger partial charge < -0.3 is 10.6 Å². The highest BCUT2D eigenvalue weighted by Crippen LogP contribution is 2.33. The molecule has 6 nitrogen and oxygen atoms in total. The lowest BCUT2D eigenvalue weighted by molar-refractivity contribution is -0.135. The van der Waals surface area contributed by atoms with Crippen LogP contribution in [0.4, 0.5) is 4.79 Å². The van der Waals surface area contributed by atoms with Crippen LogP contribution in [0.15, 0.2) is 28.7 Å². The molecule has 1 aliphatic heterocycles. The molecule has 1 unspecified atom stereocenters. The molecule has 0 saturated carbocycles. The minimum Gasteiger partial charge on any atom is -0.352 e. The number of hydrogen-bond acceptors (Lipinski definition) is 3. The van der Waals surface area contributed by atoms with Gasteiger partial charge in [-0.3, -0.25) is 14.5 Å². The van der Waals surface area contributed by atoms with E-state index < -0.39 is 17.5 Å². The van der Waals surface area contributed by atoms with Crippen LogP contribution in [0.3, 0.4) is 0 Å². The molecule has 0 bridgehead atoms. The Morgan fingerprint density at radius 3 is 2.59 bits per heavy atom. The lowest BCUT2D eigenvalue weighted by atomic mass is 9.92. The number of amides is 4. The van der Waals surface area contributed by atoms with Crippen LogP contribution in [0.25, 0.3) is 0 Å². The van der Waals surface area contributed by atoms with E-state index in [-0.39, 0.29) is 18.5 Å². The van der Waals surface area contributed by atoms with E-state index in [9.17, 15) is 14.4 Å². The molecule has 1 saturated heterocycles. The largest absolute Gasteiger partial charge is 0.352 e. The molecule has 1 atom stereocenters. The first-order chi connectivity index (χ1) is 10.3. The molecule has 1 aliphatic rings. The fourth-order valence-corrected chi connectivity index (χ4v) is 3.08. The predicted octanol–water partition coefficient (Wildman–Crippen LogP) is 1.74. The van der Waals surface area contributed by atoms with Crippen LogP contribution in [0.1, 0.15) is 26.3 Å². The van der Waals surface area contributed by atoms with Crippen LogP contribution >= 0.6 is 15.9 Å². The summed E-state index contributed by atoms with van der Waals surface area (Å²) in [7, 11) is 0. The Labute approximate surface area is 137 Å². The predicted molar refractivity (Wildman–Crippen MR) is 85.0 cm³/mol. The number of rotatable bonds is 4. The second-order valence-electron chi connectivity index (χ2n) is 5.65. The number of carbonyl (C=O) groups excluding carboxylic acids is 3. The number of halogens is 1. The molecule has 2 rings (SSSR count). The molecule has 1 heterocycles. The van der Waals surface area contributed by atoms with Gasteiger partial charge in [0, 0.05) is 16.1 Å². The number of benzene rings is 1. The Balaban J connectivity index is 2.25. The molecule has 0 aliphatic carbocycles. The van der Waals surface area contributed by atoms with Crippen LogP contribution in [0.2, 0.25) is 0 Å². The average molecular weight is 368 g/mol. The third-order valence-electron chi connectivity index (χ3n) is 3.44. The van der Waals surface area contributed by atoms with Crippen molar-refractivity contribution in [3.05, 3.63) is 34.3 Å². The molecule has 1 aromatic rings. The molecule has 1 fully saturated rings. The lowest BCUT2D eigenvalue weighted by Gasteiger charge is -2.23. The maximum Gasteiger partial charge on any atom is 0.325 e. The van der Waals surface area contributed by atoms with Crippen molar-refractivity contribution in [2.45, 2.75) is 32.4 Å². The maximum atomic E-state index is 12.7. The lowest BCUT2D eigenvalue weighted by Crippen LogP contribution is -2.44. The van der Waals surface area contributed by atoms with Crippen LogP contribution in [-0.2, 0) is 15.1 Å². The van der Waals surface area contributed by atoms with Crippen LogP contribution in [0, 0.1) is 0 Å². The molecule has 2 N–H and O–H groups in total. The van der Waals surface area contributed by atoms with Gasteiger partial charge in [-0.1, -0.05) is 34.1 Å². The van der Waals surface area contributed by atoms with Crippen molar-refractivity contribution in [1.29, 1.82) is 0 Å². The number of nitrogens with one attached hydrogen (secondary N) is 2. The number of imide groups is 1. The molecule has 7 heteroatoms. The number of carbonyl (C=O) groups is 3. The Morgan fingerprint density at radius 2 is 2.00 bits per heavy atom. The topological polar surface area (TPSA) is 78.5 Å². The van der Waals surface area contributed by atoms with Gasteiger partial charge in [-0.05, 0) is 26.8 Å². The summed E-state index contributed by atoms with van der Waals surface area (Å²) in [5.41, 5.74) is -0.532. The van der Waals surface area contributed by atoms with Gasteiger partial charge in [-0.25, -0.2) is 4.79 Å². The van der Waals surface area contributed by atoms with Gasteiger partial charge in [0.15, 0.2) is 0 Å². The number of urea groups is 1. The highest BCUT2D eigenvalue weighted by atomic mass is 79.9. The fraction of sp³-hybridized carbons (Fsp3) is 0.400. The van der Waals surface area contributed by atoms with Gasteiger partial charge in [0.25, 0.3) is 5.91 Å². The first-order valence-electron chi connectivity index (χ1n) is 6.94. The average Bonchev–Trinajstić information content (AvgIpc) is 2.63. The third-order valence-corrected chi connectivity index (χ3v) is 4.13. The SMILES string of the molecule is CC(C)NC(=O)CN1C(=O)NC(C)(c2ccccc2Br)C1=O. The van der Waals surface area contributed by atoms with E-state index in [0.29, 0.717) is 5.56 Å². The van der Waals surface area contributed by atoms with Crippen molar-refractivity contribution in [1.82, 2.24) is 15.5 Å². The molecule has 1 aromatic carbocycles. The number of nitrogens with zero attached hydrogens (tertiary/aromatic N) is 1. The summed E-state index contributed by atoms with van der Waals surface area (Å²) in [5, 5.41) is 5.34. The van der Waals surface area contributed by atoms with Crippen molar-refractivity contribution in [3.63, 3.8) is 0 Å². The Bertz CT molecular complexity index is 632. The monoisotopic (exact) mass is 367 g/mol. The van der Waals surface area contributed by atoms with Crippen LogP contribution in [0.5, 0.6) is 0 Å². The second-order valence-corrected chi connectivity index (χ2v) is 6.50. The van der Waals surface area contributed by atoms with Gasteiger partial charge in [0.05, 0.1) is 0 Å². The minimum absolute atomic E-state index is 0.0529. The van der Waals surface area contributed by atoms with E-state index >= 15 is 0 Å². The summed E-state index contributed by atoms with van der Waals surface area (Å²) in [6, 6.07) is 6.56. The van der Waals surface area contributed by atoms with E-state index in [1.807, 2.05) is 19.9 Å². The van der Waals surface area contributed by atoms with Crippen molar-refractivity contribution in [2.75, 3.05) is 6.54 Å². The zero-order valence-corrected chi connectivity index (χ0v) is 14.2. The highest BCUT2D eigenvalue weighted by molar-refractivity contribution is 9.10. The summed E-state index contributed by atoms with van der Waals surface area (Å²) in [6.45, 7) is 4.97. The van der Waals surface area contributed by atoms with Crippen LogP contribution in [-0.4, -0.2) is 35.3 Å². The quantitative estimate of drug-likeness (QED) is 0.795. The van der Waals surface area contributed by atoms with Gasteiger partial charge >= 0.3 is 6.03 Å². The van der Waals surface area contributed by atoms with E-state index in [1.54, 1.807) is 25.1 Å². The molecule has 22 heavy (non-hydrogen) atoms. The zero-order chi connectivity index (χ0) is 16.5. The van der Waals surface area contributed by atoms with Gasteiger partial charge in [-0.15, -0.1) is 0 Å². The molecule has 0 radical (unpaired) electrons. The van der Waals surface area contributed by atoms with Crippen molar-refractivity contribution in [3.8, 4) is 0 Å². The summed E-state index contributed by atoms with van der Waals surface area (Å²) in [4.78, 5) is 37.5. The molecule has 118 valence electrons. The van der Waals surface area contributed by atoms with Gasteiger partial charge in [-0.2, -0.15) is 0 Å². The molecule has 4 amide bonds. The van der Waals surface area contributed by atoms with Crippen LogP contribution < -0.4 is 10.6 Å². The molecule has 0 spiro atoms. The summed E-state index contributed by atoms with van der Waals surface area (Å²) in [6.07, 6.45) is 0. The Hall–Kier alpha value is -1.89. The summed E-state index contributed by atoms with van der Waals surface area (Å²) < 4.78 is 0.722. The fourth-order valence-electron chi connectivity index (χ4n) is 2.40. The molecular formula is C15H18BrN3O3. The van der Waals surface area contributed by atoms with Gasteiger partial charge in [0.2, 0.25) is 5.91 Å². The Kier molecular flexibility index (Phi) is 4.55. The zero-order valence-electron chi connectivity index (χ0n) is 12.6. The second kappa shape index (κ2) is 6.08. The standard InChI is InChI=1S/C15H18BrN3O3/c1-9(2)17-12(20)8-19-13(21)15(3,18-14(19)22)10-6-4-5-7-11(10)16/h4-7,9H,8H2,1-3H3,(H,17,20)(H,18,22). The normalized spacial score (nSPS) is 21.2. The first-order valence-corrected chi connectivity index (χ1v) is 7.73. The minimum atomic E-state index is -1.19. The van der Waals surface area contributed by atoms with Crippen molar-refractivity contribution >= 4 is 33.8 Å². The van der Waals surface area contributed by atoms with Gasteiger partial charge in [0.1, 0.15) is 12.1 Å². The van der Waals surface area contributed by atoms with E-state index in [1.165, 1.54) is 0 Å². The highest BCUT2D eigenvalue weighted by Gasteiger charge is 2.50. The number of hydrogen-bond donors (Lipinski definition) is 2. The summed E-state index contributed by atoms with van der Waals surface area (Å²) in [5.74, 6) is -0.807. The smallest absolute Gasteiger partial charge is 0.325 e. The van der Waals surface area contributed by atoms with E-state index in [2.05, 4.69) is 26.6 Å². The third kappa shape index (κ3) is 2.99.